The third kappa shape index (κ3) is 4.98. The highest BCUT2D eigenvalue weighted by Crippen LogP contribution is 2.23. The van der Waals surface area contributed by atoms with Gasteiger partial charge in [0.15, 0.2) is 6.10 Å². The summed E-state index contributed by atoms with van der Waals surface area (Å²) < 4.78 is 10.9. The molecule has 0 fully saturated rings. The highest BCUT2D eigenvalue weighted by Gasteiger charge is 2.15. The summed E-state index contributed by atoms with van der Waals surface area (Å²) in [4.78, 5) is 29.1. The van der Waals surface area contributed by atoms with Crippen molar-refractivity contribution in [2.24, 2.45) is 0 Å². The van der Waals surface area contributed by atoms with Crippen LogP contribution in [0.1, 0.15) is 34.7 Å². The number of nitrogens with zero attached hydrogens (tertiary/aromatic N) is 1. The highest BCUT2D eigenvalue weighted by atomic mass is 32.1. The zero-order valence-corrected chi connectivity index (χ0v) is 16.1. The number of hydrogen-bond donors (Lipinski definition) is 2. The minimum atomic E-state index is -0.600. The van der Waals surface area contributed by atoms with Crippen LogP contribution in [0.5, 0.6) is 11.6 Å². The first-order valence-corrected chi connectivity index (χ1v) is 9.57. The molecule has 1 atom stereocenters. The summed E-state index contributed by atoms with van der Waals surface area (Å²) >= 11 is 0.984. The number of H-pyrrole nitrogens is 1. The van der Waals surface area contributed by atoms with Crippen LogP contribution >= 0.6 is 11.3 Å². The summed E-state index contributed by atoms with van der Waals surface area (Å²) in [5.74, 6) is 0.519. The summed E-state index contributed by atoms with van der Waals surface area (Å²) in [6, 6.07) is 11.0. The van der Waals surface area contributed by atoms with Crippen molar-refractivity contribution in [2.75, 3.05) is 6.61 Å². The number of carbonyl (C=O) groups is 1. The topological polar surface area (TPSA) is 102 Å². The maximum absolute atomic E-state index is 11.3. The van der Waals surface area contributed by atoms with E-state index in [1.54, 1.807) is 18.3 Å². The van der Waals surface area contributed by atoms with Gasteiger partial charge < -0.3 is 14.6 Å². The van der Waals surface area contributed by atoms with Crippen LogP contribution in [-0.4, -0.2) is 28.2 Å². The molecule has 0 radical (unpaired) electrons. The van der Waals surface area contributed by atoms with E-state index < -0.39 is 6.10 Å². The second kappa shape index (κ2) is 9.18. The van der Waals surface area contributed by atoms with Gasteiger partial charge in [0.2, 0.25) is 5.88 Å². The molecule has 0 amide bonds. The van der Waals surface area contributed by atoms with Gasteiger partial charge in [-0.2, -0.15) is 0 Å². The quantitative estimate of drug-likeness (QED) is 0.536. The first-order valence-electron chi connectivity index (χ1n) is 8.75. The SMILES string of the molecule is CCc1ccc(C(COc2ccc(Cc3sc(=O)[nH]c3O)cc2)OC=O)nc1. The standard InChI is InChI=1S/C20H20N2O5S/c1-2-13-5-8-16(21-10-13)17(27-12-23)11-26-15-6-3-14(4-7-15)9-18-19(24)22-20(25)28-18/h3-8,10,12,17,24H,2,9,11H2,1H3,(H,22,25). The molecule has 1 unspecified atom stereocenters. The lowest BCUT2D eigenvalue weighted by Crippen LogP contribution is -2.15. The number of ether oxygens (including phenoxy) is 2. The minimum absolute atomic E-state index is 0.0919. The molecule has 2 aromatic heterocycles. The van der Waals surface area contributed by atoms with E-state index in [2.05, 4.69) is 9.97 Å². The summed E-state index contributed by atoms with van der Waals surface area (Å²) in [7, 11) is 0. The van der Waals surface area contributed by atoms with E-state index in [4.69, 9.17) is 9.47 Å². The number of pyridine rings is 1. The predicted octanol–water partition coefficient (Wildman–Crippen LogP) is 2.98. The number of nitrogens with one attached hydrogen (secondary N) is 1. The van der Waals surface area contributed by atoms with Crippen LogP contribution in [0.2, 0.25) is 0 Å². The molecule has 0 aliphatic heterocycles. The van der Waals surface area contributed by atoms with E-state index in [9.17, 15) is 14.7 Å². The molecule has 8 heteroatoms. The first-order chi connectivity index (χ1) is 13.6. The zero-order valence-electron chi connectivity index (χ0n) is 15.3. The van der Waals surface area contributed by atoms with Gasteiger partial charge in [-0.25, -0.2) is 0 Å². The number of aromatic nitrogens is 2. The average Bonchev–Trinajstić information content (AvgIpc) is 3.03. The van der Waals surface area contributed by atoms with Gasteiger partial charge in [-0.3, -0.25) is 19.6 Å². The Labute approximate surface area is 165 Å². The number of aromatic amines is 1. The molecule has 3 aromatic rings. The second-order valence-electron chi connectivity index (χ2n) is 6.08. The minimum Gasteiger partial charge on any atom is -0.494 e. The van der Waals surface area contributed by atoms with Gasteiger partial charge in [0.25, 0.3) is 6.47 Å². The van der Waals surface area contributed by atoms with E-state index in [1.807, 2.05) is 31.2 Å². The Bertz CT molecular complexity index is 964. The number of hydrogen-bond acceptors (Lipinski definition) is 7. The lowest BCUT2D eigenvalue weighted by atomic mass is 10.1. The molecule has 0 saturated carbocycles. The molecule has 0 saturated heterocycles. The molecular formula is C20H20N2O5S. The van der Waals surface area contributed by atoms with Crippen molar-refractivity contribution in [3.63, 3.8) is 0 Å². The third-order valence-electron chi connectivity index (χ3n) is 4.20. The van der Waals surface area contributed by atoms with Crippen LogP contribution in [0.3, 0.4) is 0 Å². The molecular weight excluding hydrogens is 380 g/mol. The molecule has 146 valence electrons. The summed E-state index contributed by atoms with van der Waals surface area (Å²) in [5.41, 5.74) is 2.65. The zero-order chi connectivity index (χ0) is 19.9. The molecule has 2 N–H and O–H groups in total. The Hall–Kier alpha value is -3.13. The van der Waals surface area contributed by atoms with Crippen molar-refractivity contribution < 1.29 is 19.4 Å². The van der Waals surface area contributed by atoms with Gasteiger partial charge in [-0.1, -0.05) is 36.5 Å². The van der Waals surface area contributed by atoms with Crippen molar-refractivity contribution in [2.45, 2.75) is 25.9 Å². The molecule has 1 aromatic carbocycles. The van der Waals surface area contributed by atoms with E-state index in [-0.39, 0.29) is 17.4 Å². The molecule has 0 aliphatic rings. The van der Waals surface area contributed by atoms with Crippen LogP contribution in [0.25, 0.3) is 0 Å². The lowest BCUT2D eigenvalue weighted by Gasteiger charge is -2.16. The van der Waals surface area contributed by atoms with Gasteiger partial charge in [-0.05, 0) is 35.7 Å². The first kappa shape index (κ1) is 19.6. The van der Waals surface area contributed by atoms with Crippen LogP contribution in [0.15, 0.2) is 47.4 Å². The van der Waals surface area contributed by atoms with Crippen molar-refractivity contribution in [1.82, 2.24) is 9.97 Å². The molecule has 0 bridgehead atoms. The fourth-order valence-electron chi connectivity index (χ4n) is 2.63. The molecule has 2 heterocycles. The predicted molar refractivity (Wildman–Crippen MR) is 105 cm³/mol. The number of carbonyl (C=O) groups excluding carboxylic acids is 1. The van der Waals surface area contributed by atoms with Gasteiger partial charge in [0.05, 0.1) is 10.6 Å². The third-order valence-corrected chi connectivity index (χ3v) is 5.07. The Kier molecular flexibility index (Phi) is 6.44. The van der Waals surface area contributed by atoms with E-state index >= 15 is 0 Å². The van der Waals surface area contributed by atoms with Crippen molar-refractivity contribution in [3.8, 4) is 11.6 Å². The Morgan fingerprint density at radius 2 is 1.96 bits per heavy atom. The van der Waals surface area contributed by atoms with Crippen LogP contribution < -0.4 is 9.61 Å². The van der Waals surface area contributed by atoms with Gasteiger partial charge in [0.1, 0.15) is 12.4 Å². The van der Waals surface area contributed by atoms with Crippen molar-refractivity contribution in [3.05, 3.63) is 74.0 Å². The van der Waals surface area contributed by atoms with Gasteiger partial charge in [-0.15, -0.1) is 0 Å². The fraction of sp³-hybridized carbons (Fsp3) is 0.250. The number of aromatic hydroxyl groups is 1. The van der Waals surface area contributed by atoms with Gasteiger partial charge in [0, 0.05) is 12.6 Å². The van der Waals surface area contributed by atoms with Crippen LogP contribution in [-0.2, 0) is 22.4 Å². The molecule has 3 rings (SSSR count). The van der Waals surface area contributed by atoms with Crippen molar-refractivity contribution >= 4 is 17.8 Å². The number of aryl methyl sites for hydroxylation is 1. The largest absolute Gasteiger partial charge is 0.494 e. The smallest absolute Gasteiger partial charge is 0.307 e. The molecule has 28 heavy (non-hydrogen) atoms. The van der Waals surface area contributed by atoms with E-state index in [0.717, 1.165) is 28.9 Å². The Morgan fingerprint density at radius 3 is 2.54 bits per heavy atom. The molecule has 0 aliphatic carbocycles. The fourth-order valence-corrected chi connectivity index (χ4v) is 3.39. The number of benzene rings is 1. The Balaban J connectivity index is 1.62. The summed E-state index contributed by atoms with van der Waals surface area (Å²) in [5, 5.41) is 9.67. The second-order valence-corrected chi connectivity index (χ2v) is 7.15. The average molecular weight is 400 g/mol. The van der Waals surface area contributed by atoms with Crippen LogP contribution in [0, 0.1) is 0 Å². The lowest BCUT2D eigenvalue weighted by molar-refractivity contribution is -0.135. The van der Waals surface area contributed by atoms with E-state index in [1.165, 1.54) is 0 Å². The highest BCUT2D eigenvalue weighted by molar-refractivity contribution is 7.09. The van der Waals surface area contributed by atoms with Gasteiger partial charge >= 0.3 is 4.87 Å². The van der Waals surface area contributed by atoms with Crippen molar-refractivity contribution in [1.29, 1.82) is 0 Å². The Morgan fingerprint density at radius 1 is 1.21 bits per heavy atom. The summed E-state index contributed by atoms with van der Waals surface area (Å²) in [6.07, 6.45) is 2.49. The van der Waals surface area contributed by atoms with Crippen LogP contribution in [0.4, 0.5) is 0 Å². The normalized spacial score (nSPS) is 11.8. The molecule has 7 nitrogen and oxygen atoms in total. The number of thiazole rings is 1. The maximum atomic E-state index is 11.3. The number of rotatable bonds is 9. The summed E-state index contributed by atoms with van der Waals surface area (Å²) in [6.45, 7) is 2.57. The van der Waals surface area contributed by atoms with E-state index in [0.29, 0.717) is 29.2 Å². The monoisotopic (exact) mass is 400 g/mol. The maximum Gasteiger partial charge on any atom is 0.307 e. The molecule has 0 spiro atoms.